The Kier molecular flexibility index (Phi) is 6.13. The summed E-state index contributed by atoms with van der Waals surface area (Å²) in [5.41, 5.74) is 0.352. The highest BCUT2D eigenvalue weighted by Gasteiger charge is 2.28. The molecule has 0 aliphatic rings. The fraction of sp³-hybridized carbons (Fsp3) is 0.143. The number of aromatic nitrogens is 1. The topological polar surface area (TPSA) is 88.6 Å². The Labute approximate surface area is 169 Å². The van der Waals surface area contributed by atoms with Crippen LogP contribution in [0, 0.1) is 0 Å². The van der Waals surface area contributed by atoms with Crippen molar-refractivity contribution in [2.75, 3.05) is 24.5 Å². The summed E-state index contributed by atoms with van der Waals surface area (Å²) in [5.74, 6) is 0.143. The van der Waals surface area contributed by atoms with Crippen molar-refractivity contribution < 1.29 is 17.9 Å². The van der Waals surface area contributed by atoms with E-state index in [1.807, 2.05) is 0 Å². The minimum absolute atomic E-state index is 0.102. The van der Waals surface area contributed by atoms with E-state index in [0.717, 1.165) is 4.31 Å². The minimum Gasteiger partial charge on any atom is -0.497 e. The monoisotopic (exact) mass is 411 g/mol. The van der Waals surface area contributed by atoms with Crippen LogP contribution in [0.5, 0.6) is 5.75 Å². The zero-order valence-electron chi connectivity index (χ0n) is 15.9. The smallest absolute Gasteiger partial charge is 0.265 e. The normalized spacial score (nSPS) is 11.1. The van der Waals surface area contributed by atoms with Gasteiger partial charge >= 0.3 is 0 Å². The van der Waals surface area contributed by atoms with Crippen molar-refractivity contribution in [3.63, 3.8) is 0 Å². The van der Waals surface area contributed by atoms with Gasteiger partial charge in [-0.05, 0) is 36.4 Å². The van der Waals surface area contributed by atoms with Crippen molar-refractivity contribution in [3.8, 4) is 5.75 Å². The van der Waals surface area contributed by atoms with E-state index >= 15 is 0 Å². The molecule has 0 spiro atoms. The van der Waals surface area contributed by atoms with Gasteiger partial charge in [0.25, 0.3) is 10.0 Å². The zero-order chi connectivity index (χ0) is 20.9. The molecule has 1 aromatic heterocycles. The lowest BCUT2D eigenvalue weighted by Crippen LogP contribution is -2.41. The van der Waals surface area contributed by atoms with E-state index in [0.29, 0.717) is 22.2 Å². The number of fused-ring (bicyclic) bond motifs is 1. The van der Waals surface area contributed by atoms with Gasteiger partial charge in [-0.2, -0.15) is 0 Å². The zero-order valence-corrected chi connectivity index (χ0v) is 16.7. The molecule has 0 unspecified atom stereocenters. The first kappa shape index (κ1) is 20.3. The molecule has 8 heteroatoms. The van der Waals surface area contributed by atoms with Crippen LogP contribution in [0.3, 0.4) is 0 Å². The van der Waals surface area contributed by atoms with E-state index in [1.165, 1.54) is 25.4 Å². The molecule has 0 fully saturated rings. The molecule has 0 aliphatic carbocycles. The third kappa shape index (κ3) is 4.38. The fourth-order valence-corrected chi connectivity index (χ4v) is 4.51. The number of nitrogens with zero attached hydrogens (tertiary/aromatic N) is 2. The van der Waals surface area contributed by atoms with Crippen molar-refractivity contribution >= 4 is 32.4 Å². The van der Waals surface area contributed by atoms with Crippen LogP contribution >= 0.6 is 0 Å². The first-order valence-electron chi connectivity index (χ1n) is 8.84. The Morgan fingerprint density at radius 2 is 1.97 bits per heavy atom. The number of methoxy groups -OCH3 is 1. The first-order chi connectivity index (χ1) is 14.0. The minimum atomic E-state index is -4.04. The third-order valence-corrected chi connectivity index (χ3v) is 6.13. The number of pyridine rings is 1. The summed E-state index contributed by atoms with van der Waals surface area (Å²) < 4.78 is 33.4. The third-order valence-electron chi connectivity index (χ3n) is 4.30. The van der Waals surface area contributed by atoms with Crippen LogP contribution in [-0.2, 0) is 14.8 Å². The molecule has 29 heavy (non-hydrogen) atoms. The van der Waals surface area contributed by atoms with Crippen molar-refractivity contribution in [1.29, 1.82) is 0 Å². The molecule has 2 aromatic carbocycles. The molecule has 0 aliphatic heterocycles. The van der Waals surface area contributed by atoms with Crippen LogP contribution in [-0.4, -0.2) is 39.5 Å². The summed E-state index contributed by atoms with van der Waals surface area (Å²) in [4.78, 5) is 16.5. The van der Waals surface area contributed by atoms with Crippen LogP contribution in [0.2, 0.25) is 0 Å². The lowest BCUT2D eigenvalue weighted by Gasteiger charge is -2.25. The average molecular weight is 411 g/mol. The number of amides is 1. The fourth-order valence-electron chi connectivity index (χ4n) is 2.87. The lowest BCUT2D eigenvalue weighted by atomic mass is 10.2. The van der Waals surface area contributed by atoms with Gasteiger partial charge < -0.3 is 10.1 Å². The first-order valence-corrected chi connectivity index (χ1v) is 10.3. The van der Waals surface area contributed by atoms with Crippen molar-refractivity contribution in [2.45, 2.75) is 4.90 Å². The summed E-state index contributed by atoms with van der Waals surface area (Å²) in [6.07, 6.45) is 4.67. The number of benzene rings is 2. The Morgan fingerprint density at radius 3 is 2.66 bits per heavy atom. The summed E-state index contributed by atoms with van der Waals surface area (Å²) >= 11 is 0. The molecule has 1 N–H and O–H groups in total. The predicted octanol–water partition coefficient (Wildman–Crippen LogP) is 2.74. The van der Waals surface area contributed by atoms with Crippen LogP contribution in [0.4, 0.5) is 5.69 Å². The quantitative estimate of drug-likeness (QED) is 0.576. The summed E-state index contributed by atoms with van der Waals surface area (Å²) in [5, 5.41) is 3.85. The Hall–Kier alpha value is -3.39. The van der Waals surface area contributed by atoms with Gasteiger partial charge in [0, 0.05) is 29.7 Å². The lowest BCUT2D eigenvalue weighted by molar-refractivity contribution is -0.119. The second-order valence-corrected chi connectivity index (χ2v) is 7.99. The number of hydrogen-bond acceptors (Lipinski definition) is 5. The van der Waals surface area contributed by atoms with E-state index in [-0.39, 0.29) is 18.0 Å². The molecule has 0 saturated carbocycles. The van der Waals surface area contributed by atoms with Crippen LogP contribution in [0.1, 0.15) is 0 Å². The molecule has 0 atom stereocenters. The Morgan fingerprint density at radius 1 is 1.21 bits per heavy atom. The van der Waals surface area contributed by atoms with E-state index < -0.39 is 15.9 Å². The van der Waals surface area contributed by atoms with E-state index in [2.05, 4.69) is 16.9 Å². The highest BCUT2D eigenvalue weighted by atomic mass is 32.2. The second kappa shape index (κ2) is 8.74. The molecule has 0 radical (unpaired) electrons. The maximum absolute atomic E-state index is 13.6. The number of anilines is 1. The molecular weight excluding hydrogens is 390 g/mol. The molecule has 150 valence electrons. The van der Waals surface area contributed by atoms with Gasteiger partial charge in [-0.25, -0.2) is 8.42 Å². The number of nitrogens with one attached hydrogen (secondary N) is 1. The predicted molar refractivity (Wildman–Crippen MR) is 112 cm³/mol. The van der Waals surface area contributed by atoms with E-state index in [9.17, 15) is 13.2 Å². The molecule has 1 heterocycles. The molecule has 0 saturated heterocycles. The number of carbonyl (C=O) groups excluding carboxylic acids is 1. The number of carbonyl (C=O) groups is 1. The maximum Gasteiger partial charge on any atom is 0.265 e. The van der Waals surface area contributed by atoms with Gasteiger partial charge in [-0.1, -0.05) is 18.2 Å². The summed E-state index contributed by atoms with van der Waals surface area (Å²) in [6.45, 7) is 3.43. The molecule has 3 rings (SSSR count). The average Bonchev–Trinajstić information content (AvgIpc) is 2.75. The van der Waals surface area contributed by atoms with Crippen LogP contribution in [0.25, 0.3) is 10.8 Å². The van der Waals surface area contributed by atoms with Gasteiger partial charge in [0.1, 0.15) is 12.3 Å². The van der Waals surface area contributed by atoms with Crippen molar-refractivity contribution in [3.05, 3.63) is 73.6 Å². The number of sulfonamides is 1. The second-order valence-electron chi connectivity index (χ2n) is 6.16. The Balaban J connectivity index is 2.09. The van der Waals surface area contributed by atoms with E-state index in [1.54, 1.807) is 48.7 Å². The van der Waals surface area contributed by atoms with Gasteiger partial charge in [0.2, 0.25) is 5.91 Å². The standard InChI is InChI=1S/C21H21N3O4S/c1-3-12-23-21(25)15-24(17-7-9-18(28-2)10-8-17)29(26,27)20-6-4-5-16-14-22-13-11-19(16)20/h3-11,13-14H,1,12,15H2,2H3,(H,23,25). The van der Waals surface area contributed by atoms with E-state index in [4.69, 9.17) is 4.74 Å². The van der Waals surface area contributed by atoms with Gasteiger partial charge in [0.15, 0.2) is 0 Å². The summed E-state index contributed by atoms with van der Waals surface area (Å²) in [7, 11) is -2.52. The largest absolute Gasteiger partial charge is 0.497 e. The SMILES string of the molecule is C=CCNC(=O)CN(c1ccc(OC)cc1)S(=O)(=O)c1cccc2cnccc12. The molecular formula is C21H21N3O4S. The highest BCUT2D eigenvalue weighted by molar-refractivity contribution is 7.93. The van der Waals surface area contributed by atoms with Crippen LogP contribution in [0.15, 0.2) is 78.5 Å². The number of ether oxygens (including phenoxy) is 1. The van der Waals surface area contributed by atoms with Gasteiger partial charge in [-0.15, -0.1) is 6.58 Å². The molecule has 0 bridgehead atoms. The molecule has 1 amide bonds. The molecule has 3 aromatic rings. The maximum atomic E-state index is 13.6. The van der Waals surface area contributed by atoms with Crippen molar-refractivity contribution in [1.82, 2.24) is 10.3 Å². The molecule has 7 nitrogen and oxygen atoms in total. The highest BCUT2D eigenvalue weighted by Crippen LogP contribution is 2.29. The Bertz CT molecular complexity index is 1120. The summed E-state index contributed by atoms with van der Waals surface area (Å²) in [6, 6.07) is 13.1. The number of hydrogen-bond donors (Lipinski definition) is 1. The van der Waals surface area contributed by atoms with Crippen molar-refractivity contribution in [2.24, 2.45) is 0 Å². The van der Waals surface area contributed by atoms with Gasteiger partial charge in [-0.3, -0.25) is 14.1 Å². The van der Waals surface area contributed by atoms with Crippen LogP contribution < -0.4 is 14.4 Å². The number of rotatable bonds is 8. The van der Waals surface area contributed by atoms with Gasteiger partial charge in [0.05, 0.1) is 17.7 Å².